The van der Waals surface area contributed by atoms with Crippen molar-refractivity contribution in [2.75, 3.05) is 13.6 Å². The molecular weight excluding hydrogens is 212 g/mol. The molecule has 1 amide bonds. The van der Waals surface area contributed by atoms with Gasteiger partial charge in [0, 0.05) is 11.6 Å². The lowest BCUT2D eigenvalue weighted by Crippen LogP contribution is -2.31. The molecule has 0 heterocycles. The smallest absolute Gasteiger partial charge is 0.248 e. The van der Waals surface area contributed by atoms with Gasteiger partial charge in [0.1, 0.15) is 0 Å². The average Bonchev–Trinajstić information content (AvgIpc) is 2.30. The molecule has 0 saturated carbocycles. The maximum Gasteiger partial charge on any atom is 0.248 e. The number of terminal acetylenes is 1. The van der Waals surface area contributed by atoms with Crippen molar-refractivity contribution in [3.05, 3.63) is 35.4 Å². The molecule has 17 heavy (non-hydrogen) atoms. The largest absolute Gasteiger partial charge is 0.366 e. The van der Waals surface area contributed by atoms with E-state index in [-0.39, 0.29) is 0 Å². The number of rotatable bonds is 5. The second-order valence-electron chi connectivity index (χ2n) is 4.23. The summed E-state index contributed by atoms with van der Waals surface area (Å²) in [4.78, 5) is 13.0. The topological polar surface area (TPSA) is 46.3 Å². The third kappa shape index (κ3) is 3.93. The van der Waals surface area contributed by atoms with Gasteiger partial charge in [-0.15, -0.1) is 6.42 Å². The molecule has 1 atom stereocenters. The highest BCUT2D eigenvalue weighted by Crippen LogP contribution is 2.09. The van der Waals surface area contributed by atoms with Crippen LogP contribution < -0.4 is 5.73 Å². The van der Waals surface area contributed by atoms with Crippen LogP contribution in [-0.4, -0.2) is 30.4 Å². The standard InChI is InChI=1S/C14H18N2O/c1-4-9-16(3)11(2)10-12-5-7-13(8-6-12)14(15)17/h1,5-8,11H,9-10H2,2-3H3,(H2,15,17)/t11-/m1/s1. The Morgan fingerprint density at radius 3 is 2.53 bits per heavy atom. The van der Waals surface area contributed by atoms with Gasteiger partial charge < -0.3 is 5.73 Å². The van der Waals surface area contributed by atoms with Crippen molar-refractivity contribution in [3.63, 3.8) is 0 Å². The normalized spacial score (nSPS) is 12.1. The third-order valence-electron chi connectivity index (χ3n) is 2.86. The van der Waals surface area contributed by atoms with Gasteiger partial charge in [-0.05, 0) is 38.1 Å². The lowest BCUT2D eigenvalue weighted by atomic mass is 10.0. The second-order valence-corrected chi connectivity index (χ2v) is 4.23. The number of hydrogen-bond acceptors (Lipinski definition) is 2. The van der Waals surface area contributed by atoms with Gasteiger partial charge in [-0.1, -0.05) is 18.1 Å². The number of primary amides is 1. The minimum atomic E-state index is -0.394. The van der Waals surface area contributed by atoms with Crippen LogP contribution in [0.3, 0.4) is 0 Å². The lowest BCUT2D eigenvalue weighted by Gasteiger charge is -2.22. The van der Waals surface area contributed by atoms with Crippen molar-refractivity contribution in [2.24, 2.45) is 5.73 Å². The van der Waals surface area contributed by atoms with E-state index in [2.05, 4.69) is 17.7 Å². The van der Waals surface area contributed by atoms with Gasteiger partial charge in [0.2, 0.25) is 5.91 Å². The van der Waals surface area contributed by atoms with Crippen LogP contribution in [0.1, 0.15) is 22.8 Å². The number of hydrogen-bond donors (Lipinski definition) is 1. The first-order chi connectivity index (χ1) is 8.04. The van der Waals surface area contributed by atoms with Crippen LogP contribution in [0, 0.1) is 12.3 Å². The van der Waals surface area contributed by atoms with Crippen LogP contribution in [0.25, 0.3) is 0 Å². The molecule has 0 fully saturated rings. The third-order valence-corrected chi connectivity index (χ3v) is 2.86. The first-order valence-corrected chi connectivity index (χ1v) is 5.57. The zero-order chi connectivity index (χ0) is 12.8. The SMILES string of the molecule is C#CCN(C)[C@H](C)Cc1ccc(C(N)=O)cc1. The molecule has 3 nitrogen and oxygen atoms in total. The maximum absolute atomic E-state index is 10.9. The highest BCUT2D eigenvalue weighted by Gasteiger charge is 2.09. The number of carbonyl (C=O) groups is 1. The van der Waals surface area contributed by atoms with E-state index in [0.29, 0.717) is 18.2 Å². The van der Waals surface area contributed by atoms with E-state index < -0.39 is 5.91 Å². The fourth-order valence-corrected chi connectivity index (χ4v) is 1.60. The van der Waals surface area contributed by atoms with Crippen molar-refractivity contribution < 1.29 is 4.79 Å². The monoisotopic (exact) mass is 230 g/mol. The van der Waals surface area contributed by atoms with Crippen LogP contribution in [0.5, 0.6) is 0 Å². The lowest BCUT2D eigenvalue weighted by molar-refractivity contribution is 0.100. The summed E-state index contributed by atoms with van der Waals surface area (Å²) in [5.41, 5.74) is 6.90. The Morgan fingerprint density at radius 2 is 2.06 bits per heavy atom. The Morgan fingerprint density at radius 1 is 1.47 bits per heavy atom. The summed E-state index contributed by atoms with van der Waals surface area (Å²) in [6, 6.07) is 7.74. The van der Waals surface area contributed by atoms with Gasteiger partial charge in [0.15, 0.2) is 0 Å². The van der Waals surface area contributed by atoms with Crippen LogP contribution in [0.2, 0.25) is 0 Å². The number of nitrogens with zero attached hydrogens (tertiary/aromatic N) is 1. The van der Waals surface area contributed by atoms with Crippen molar-refractivity contribution in [3.8, 4) is 12.3 Å². The van der Waals surface area contributed by atoms with E-state index in [1.807, 2.05) is 19.2 Å². The van der Waals surface area contributed by atoms with E-state index in [1.165, 1.54) is 5.56 Å². The molecule has 1 rings (SSSR count). The molecule has 0 radical (unpaired) electrons. The van der Waals surface area contributed by atoms with Crippen molar-refractivity contribution in [1.82, 2.24) is 4.90 Å². The van der Waals surface area contributed by atoms with Crippen LogP contribution in [0.15, 0.2) is 24.3 Å². The fraction of sp³-hybridized carbons (Fsp3) is 0.357. The molecule has 0 spiro atoms. The van der Waals surface area contributed by atoms with Crippen LogP contribution in [-0.2, 0) is 6.42 Å². The summed E-state index contributed by atoms with van der Waals surface area (Å²) in [5, 5.41) is 0. The van der Waals surface area contributed by atoms with Crippen molar-refractivity contribution in [1.29, 1.82) is 0 Å². The van der Waals surface area contributed by atoms with Crippen LogP contribution in [0.4, 0.5) is 0 Å². The maximum atomic E-state index is 10.9. The number of carbonyl (C=O) groups excluding carboxylic acids is 1. The molecule has 1 aromatic carbocycles. The Labute approximate surface area is 103 Å². The first-order valence-electron chi connectivity index (χ1n) is 5.57. The van der Waals surface area contributed by atoms with Gasteiger partial charge in [0.05, 0.1) is 6.54 Å². The van der Waals surface area contributed by atoms with Gasteiger partial charge >= 0.3 is 0 Å². The predicted molar refractivity (Wildman–Crippen MR) is 69.6 cm³/mol. The summed E-state index contributed by atoms with van der Waals surface area (Å²) < 4.78 is 0. The van der Waals surface area contributed by atoms with Gasteiger partial charge in [-0.3, -0.25) is 9.69 Å². The molecule has 0 bridgehead atoms. The summed E-state index contributed by atoms with van der Waals surface area (Å²) in [6.07, 6.45) is 6.17. The summed E-state index contributed by atoms with van der Waals surface area (Å²) in [7, 11) is 2.00. The predicted octanol–water partition coefficient (Wildman–Crippen LogP) is 1.28. The molecule has 0 unspecified atom stereocenters. The summed E-state index contributed by atoms with van der Waals surface area (Å²) >= 11 is 0. The van der Waals surface area contributed by atoms with Gasteiger partial charge in [-0.25, -0.2) is 0 Å². The van der Waals surface area contributed by atoms with E-state index in [9.17, 15) is 4.79 Å². The highest BCUT2D eigenvalue weighted by molar-refractivity contribution is 5.92. The zero-order valence-electron chi connectivity index (χ0n) is 10.3. The fourth-order valence-electron chi connectivity index (χ4n) is 1.60. The summed E-state index contributed by atoms with van der Waals surface area (Å²) in [5.74, 6) is 2.23. The molecule has 1 aromatic rings. The average molecular weight is 230 g/mol. The quantitative estimate of drug-likeness (QED) is 0.775. The minimum absolute atomic E-state index is 0.366. The van der Waals surface area contributed by atoms with E-state index >= 15 is 0 Å². The minimum Gasteiger partial charge on any atom is -0.366 e. The van der Waals surface area contributed by atoms with E-state index in [4.69, 9.17) is 12.2 Å². The number of nitrogens with two attached hydrogens (primary N) is 1. The molecule has 2 N–H and O–H groups in total. The molecule has 0 aliphatic rings. The number of likely N-dealkylation sites (N-methyl/N-ethyl adjacent to an activating group) is 1. The first kappa shape index (κ1) is 13.3. The van der Waals surface area contributed by atoms with Gasteiger partial charge in [0.25, 0.3) is 0 Å². The molecule has 90 valence electrons. The molecule has 0 saturated heterocycles. The van der Waals surface area contributed by atoms with E-state index in [0.717, 1.165) is 6.42 Å². The Kier molecular flexibility index (Phi) is 4.74. The highest BCUT2D eigenvalue weighted by atomic mass is 16.1. The molecular formula is C14H18N2O. The Balaban J connectivity index is 2.63. The van der Waals surface area contributed by atoms with Gasteiger partial charge in [-0.2, -0.15) is 0 Å². The second kappa shape index (κ2) is 6.07. The van der Waals surface area contributed by atoms with Crippen molar-refractivity contribution in [2.45, 2.75) is 19.4 Å². The molecule has 0 aliphatic heterocycles. The van der Waals surface area contributed by atoms with E-state index in [1.54, 1.807) is 12.1 Å². The zero-order valence-corrected chi connectivity index (χ0v) is 10.3. The summed E-state index contributed by atoms with van der Waals surface area (Å²) in [6.45, 7) is 2.76. The molecule has 3 heteroatoms. The van der Waals surface area contributed by atoms with Crippen LogP contribution >= 0.6 is 0 Å². The Bertz CT molecular complexity index is 417. The number of amides is 1. The number of benzene rings is 1. The molecule has 0 aromatic heterocycles. The Hall–Kier alpha value is -1.79. The van der Waals surface area contributed by atoms with Crippen molar-refractivity contribution >= 4 is 5.91 Å². The molecule has 0 aliphatic carbocycles.